The number of carbonyl (C=O) groups excluding carboxylic acids is 1. The molecular weight excluding hydrogens is 210 g/mol. The van der Waals surface area contributed by atoms with Crippen LogP contribution in [0.4, 0.5) is 4.79 Å². The summed E-state index contributed by atoms with van der Waals surface area (Å²) in [7, 11) is 0. The zero-order valence-corrected chi connectivity index (χ0v) is 9.23. The number of nitrogens with one attached hydrogen (secondary N) is 1. The number of fused-ring (bicyclic) bond motifs is 1. The highest BCUT2D eigenvalue weighted by molar-refractivity contribution is 7.12. The second-order valence-electron chi connectivity index (χ2n) is 4.08. The number of alkyl carbamates (subject to hydrolysis) is 1. The van der Waals surface area contributed by atoms with Crippen molar-refractivity contribution in [2.45, 2.75) is 31.8 Å². The van der Waals surface area contributed by atoms with Gasteiger partial charge in [0.1, 0.15) is 0 Å². The van der Waals surface area contributed by atoms with E-state index in [0.717, 1.165) is 0 Å². The van der Waals surface area contributed by atoms with E-state index in [4.69, 9.17) is 4.74 Å². The van der Waals surface area contributed by atoms with Crippen LogP contribution in [0.15, 0.2) is 6.07 Å². The molecule has 1 atom stereocenters. The van der Waals surface area contributed by atoms with Gasteiger partial charge < -0.3 is 10.1 Å². The average molecular weight is 223 g/mol. The molecule has 0 bridgehead atoms. The Morgan fingerprint density at radius 1 is 1.40 bits per heavy atom. The molecule has 80 valence electrons. The Balaban J connectivity index is 1.86. The van der Waals surface area contributed by atoms with Crippen molar-refractivity contribution in [2.24, 2.45) is 0 Å². The van der Waals surface area contributed by atoms with Gasteiger partial charge in [0.15, 0.2) is 6.10 Å². The second-order valence-corrected chi connectivity index (χ2v) is 5.25. The van der Waals surface area contributed by atoms with Crippen LogP contribution in [0.1, 0.15) is 34.3 Å². The summed E-state index contributed by atoms with van der Waals surface area (Å²) in [5, 5.41) is 2.69. The molecule has 1 aliphatic carbocycles. The van der Waals surface area contributed by atoms with Crippen molar-refractivity contribution in [3.05, 3.63) is 21.4 Å². The topological polar surface area (TPSA) is 38.3 Å². The number of hydrogen-bond acceptors (Lipinski definition) is 3. The Hall–Kier alpha value is -1.03. The third-order valence-electron chi connectivity index (χ3n) is 3.01. The van der Waals surface area contributed by atoms with Crippen LogP contribution in [0.2, 0.25) is 0 Å². The van der Waals surface area contributed by atoms with Gasteiger partial charge in [-0.15, -0.1) is 11.3 Å². The van der Waals surface area contributed by atoms with E-state index in [2.05, 4.69) is 11.4 Å². The Morgan fingerprint density at radius 3 is 3.00 bits per heavy atom. The first-order chi connectivity index (χ1) is 7.33. The molecule has 1 unspecified atom stereocenters. The minimum atomic E-state index is -0.286. The number of amides is 1. The number of cyclic esters (lactones) is 1. The minimum Gasteiger partial charge on any atom is -0.439 e. The highest BCUT2D eigenvalue weighted by atomic mass is 32.1. The summed E-state index contributed by atoms with van der Waals surface area (Å²) in [4.78, 5) is 13.6. The molecule has 15 heavy (non-hydrogen) atoms. The third-order valence-corrected chi connectivity index (χ3v) is 4.34. The first-order valence-electron chi connectivity index (χ1n) is 5.39. The summed E-state index contributed by atoms with van der Waals surface area (Å²) in [6, 6.07) is 2.23. The van der Waals surface area contributed by atoms with E-state index in [1.54, 1.807) is 0 Å². The number of carbonyl (C=O) groups is 1. The molecule has 2 heterocycles. The first-order valence-corrected chi connectivity index (χ1v) is 6.20. The van der Waals surface area contributed by atoms with Crippen molar-refractivity contribution in [3.63, 3.8) is 0 Å². The standard InChI is InChI=1S/C11H13NO2S/c13-11-12-6-8(14-11)10-5-7-3-1-2-4-9(7)15-10/h5,8H,1-4,6H2,(H,12,13). The highest BCUT2D eigenvalue weighted by Gasteiger charge is 2.27. The molecule has 2 aliphatic rings. The fourth-order valence-corrected chi connectivity index (χ4v) is 3.51. The van der Waals surface area contributed by atoms with Gasteiger partial charge in [0.25, 0.3) is 0 Å². The number of thiophene rings is 1. The molecule has 0 spiro atoms. The summed E-state index contributed by atoms with van der Waals surface area (Å²) >= 11 is 1.82. The summed E-state index contributed by atoms with van der Waals surface area (Å²) in [5.41, 5.74) is 1.48. The van der Waals surface area contributed by atoms with E-state index in [-0.39, 0.29) is 12.2 Å². The van der Waals surface area contributed by atoms with Crippen LogP contribution in [0, 0.1) is 0 Å². The lowest BCUT2D eigenvalue weighted by atomic mass is 9.99. The van der Waals surface area contributed by atoms with Gasteiger partial charge in [-0.1, -0.05) is 0 Å². The van der Waals surface area contributed by atoms with Crippen LogP contribution >= 0.6 is 11.3 Å². The van der Waals surface area contributed by atoms with Gasteiger partial charge in [-0.25, -0.2) is 4.79 Å². The second kappa shape index (κ2) is 3.52. The van der Waals surface area contributed by atoms with Gasteiger partial charge in [0.05, 0.1) is 6.54 Å². The highest BCUT2D eigenvalue weighted by Crippen LogP contribution is 2.34. The predicted molar refractivity (Wildman–Crippen MR) is 58.2 cm³/mol. The predicted octanol–water partition coefficient (Wildman–Crippen LogP) is 2.41. The quantitative estimate of drug-likeness (QED) is 0.794. The van der Waals surface area contributed by atoms with Gasteiger partial charge in [-0.3, -0.25) is 0 Å². The summed E-state index contributed by atoms with van der Waals surface area (Å²) in [6.45, 7) is 0.623. The molecule has 1 fully saturated rings. The van der Waals surface area contributed by atoms with E-state index in [0.29, 0.717) is 6.54 Å². The molecule has 1 N–H and O–H groups in total. The lowest BCUT2D eigenvalue weighted by Crippen LogP contribution is -2.12. The molecule has 3 nitrogen and oxygen atoms in total. The SMILES string of the molecule is O=C1NCC(c2cc3c(s2)CCCC3)O1. The Morgan fingerprint density at radius 2 is 2.27 bits per heavy atom. The lowest BCUT2D eigenvalue weighted by molar-refractivity contribution is 0.142. The van der Waals surface area contributed by atoms with Crippen LogP contribution < -0.4 is 5.32 Å². The van der Waals surface area contributed by atoms with Crippen LogP contribution in [-0.4, -0.2) is 12.6 Å². The maximum absolute atomic E-state index is 10.9. The molecule has 1 amide bonds. The van der Waals surface area contributed by atoms with Gasteiger partial charge >= 0.3 is 6.09 Å². The van der Waals surface area contributed by atoms with Crippen molar-refractivity contribution < 1.29 is 9.53 Å². The van der Waals surface area contributed by atoms with E-state index in [1.807, 2.05) is 11.3 Å². The number of rotatable bonds is 1. The van der Waals surface area contributed by atoms with Crippen LogP contribution in [-0.2, 0) is 17.6 Å². The van der Waals surface area contributed by atoms with Crippen LogP contribution in [0.5, 0.6) is 0 Å². The fraction of sp³-hybridized carbons (Fsp3) is 0.545. The van der Waals surface area contributed by atoms with Crippen molar-refractivity contribution in [1.82, 2.24) is 5.32 Å². The van der Waals surface area contributed by atoms with Crippen molar-refractivity contribution in [2.75, 3.05) is 6.54 Å². The third kappa shape index (κ3) is 1.63. The van der Waals surface area contributed by atoms with E-state index in [1.165, 1.54) is 41.0 Å². The molecule has 1 saturated heterocycles. The molecule has 3 rings (SSSR count). The van der Waals surface area contributed by atoms with E-state index < -0.39 is 0 Å². The molecule has 0 radical (unpaired) electrons. The van der Waals surface area contributed by atoms with Gasteiger partial charge in [0.2, 0.25) is 0 Å². The monoisotopic (exact) mass is 223 g/mol. The minimum absolute atomic E-state index is 0.0481. The molecule has 4 heteroatoms. The fourth-order valence-electron chi connectivity index (χ4n) is 2.22. The normalized spacial score (nSPS) is 24.5. The molecule has 1 aliphatic heterocycles. The Labute approximate surface area is 92.4 Å². The van der Waals surface area contributed by atoms with Gasteiger partial charge in [0, 0.05) is 9.75 Å². The number of ether oxygens (including phenoxy) is 1. The van der Waals surface area contributed by atoms with Crippen LogP contribution in [0.3, 0.4) is 0 Å². The van der Waals surface area contributed by atoms with Gasteiger partial charge in [-0.05, 0) is 37.3 Å². The zero-order valence-electron chi connectivity index (χ0n) is 8.41. The summed E-state index contributed by atoms with van der Waals surface area (Å²) < 4.78 is 5.19. The van der Waals surface area contributed by atoms with E-state index >= 15 is 0 Å². The lowest BCUT2D eigenvalue weighted by Gasteiger charge is -2.08. The smallest absolute Gasteiger partial charge is 0.407 e. The van der Waals surface area contributed by atoms with Crippen molar-refractivity contribution in [3.8, 4) is 0 Å². The number of aryl methyl sites for hydroxylation is 2. The molecule has 0 aromatic carbocycles. The molecule has 0 saturated carbocycles. The first kappa shape index (κ1) is 9.21. The van der Waals surface area contributed by atoms with E-state index in [9.17, 15) is 4.79 Å². The average Bonchev–Trinajstić information content (AvgIpc) is 2.82. The Kier molecular flexibility index (Phi) is 2.16. The molecule has 1 aromatic heterocycles. The molecule has 1 aromatic rings. The summed E-state index contributed by atoms with van der Waals surface area (Å²) in [6.07, 6.45) is 4.66. The Bertz CT molecular complexity index is 376. The largest absolute Gasteiger partial charge is 0.439 e. The maximum Gasteiger partial charge on any atom is 0.407 e. The van der Waals surface area contributed by atoms with Crippen molar-refractivity contribution in [1.29, 1.82) is 0 Å². The van der Waals surface area contributed by atoms with Crippen molar-refractivity contribution >= 4 is 17.4 Å². The zero-order chi connectivity index (χ0) is 10.3. The maximum atomic E-state index is 10.9. The summed E-state index contributed by atoms with van der Waals surface area (Å²) in [5.74, 6) is 0. The number of hydrogen-bond donors (Lipinski definition) is 1. The van der Waals surface area contributed by atoms with Gasteiger partial charge in [-0.2, -0.15) is 0 Å². The molecular formula is C11H13NO2S. The van der Waals surface area contributed by atoms with Crippen LogP contribution in [0.25, 0.3) is 0 Å².